The number of aliphatic hydroxyl groups excluding tert-OH is 1. The van der Waals surface area contributed by atoms with Gasteiger partial charge in [-0.25, -0.2) is 4.79 Å². The molecule has 1 rings (SSSR count). The van der Waals surface area contributed by atoms with Crippen molar-refractivity contribution in [2.45, 2.75) is 90.3 Å². The maximum atomic E-state index is 10.9. The Balaban J connectivity index is 1.83. The van der Waals surface area contributed by atoms with Crippen molar-refractivity contribution in [2.75, 3.05) is 0 Å². The zero-order valence-electron chi connectivity index (χ0n) is 12.9. The molecule has 0 saturated heterocycles. The van der Waals surface area contributed by atoms with Gasteiger partial charge in [-0.05, 0) is 12.8 Å². The Morgan fingerprint density at radius 3 is 1.90 bits per heavy atom. The Morgan fingerprint density at radius 1 is 0.950 bits per heavy atom. The molecule has 0 amide bonds. The summed E-state index contributed by atoms with van der Waals surface area (Å²) < 4.78 is 4.65. The molecule has 3 heteroatoms. The monoisotopic (exact) mass is 282 g/mol. The Bertz CT molecular complexity index is 297. The summed E-state index contributed by atoms with van der Waals surface area (Å²) in [6.07, 6.45) is 15.6. The number of hydrogen-bond donors (Lipinski definition) is 1. The molecule has 0 saturated carbocycles. The van der Waals surface area contributed by atoms with Crippen molar-refractivity contribution in [2.24, 2.45) is 0 Å². The first-order chi connectivity index (χ1) is 9.74. The fraction of sp³-hybridized carbons (Fsp3) is 0.824. The number of unbranched alkanes of at least 4 members (excludes halogenated alkanes) is 10. The van der Waals surface area contributed by atoms with E-state index >= 15 is 0 Å². The van der Waals surface area contributed by atoms with Gasteiger partial charge in [-0.1, -0.05) is 71.1 Å². The zero-order valence-corrected chi connectivity index (χ0v) is 12.9. The van der Waals surface area contributed by atoms with Crippen LogP contribution in [0.4, 0.5) is 0 Å². The Morgan fingerprint density at radius 2 is 1.45 bits per heavy atom. The van der Waals surface area contributed by atoms with Crippen LogP contribution in [0, 0.1) is 0 Å². The molecule has 0 aromatic heterocycles. The number of carbonyl (C=O) groups is 1. The van der Waals surface area contributed by atoms with E-state index in [9.17, 15) is 9.90 Å². The second kappa shape index (κ2) is 10.9. The van der Waals surface area contributed by atoms with Crippen molar-refractivity contribution >= 4 is 5.97 Å². The molecule has 0 aromatic rings. The van der Waals surface area contributed by atoms with E-state index in [2.05, 4.69) is 11.7 Å². The van der Waals surface area contributed by atoms with Crippen molar-refractivity contribution in [3.05, 3.63) is 11.6 Å². The van der Waals surface area contributed by atoms with E-state index in [0.717, 1.165) is 18.4 Å². The van der Waals surface area contributed by atoms with Crippen LogP contribution in [0.3, 0.4) is 0 Å². The molecule has 1 aliphatic rings. The second-order valence-corrected chi connectivity index (χ2v) is 5.79. The quantitative estimate of drug-likeness (QED) is 0.424. The maximum Gasteiger partial charge on any atom is 0.333 e. The van der Waals surface area contributed by atoms with E-state index in [-0.39, 0.29) is 0 Å². The molecule has 1 heterocycles. The summed E-state index contributed by atoms with van der Waals surface area (Å²) in [4.78, 5) is 10.9. The summed E-state index contributed by atoms with van der Waals surface area (Å²) in [5.74, 6) is -0.407. The van der Waals surface area contributed by atoms with Gasteiger partial charge in [0.25, 0.3) is 0 Å². The summed E-state index contributed by atoms with van der Waals surface area (Å²) in [6.45, 7) is 2.25. The van der Waals surface area contributed by atoms with Crippen LogP contribution in [0.15, 0.2) is 11.6 Å². The Kier molecular flexibility index (Phi) is 9.38. The van der Waals surface area contributed by atoms with Gasteiger partial charge in [0.1, 0.15) is 0 Å². The third kappa shape index (κ3) is 7.68. The van der Waals surface area contributed by atoms with Crippen molar-refractivity contribution in [1.29, 1.82) is 0 Å². The average molecular weight is 282 g/mol. The number of esters is 1. The predicted molar refractivity (Wildman–Crippen MR) is 81.3 cm³/mol. The van der Waals surface area contributed by atoms with Gasteiger partial charge in [-0.3, -0.25) is 0 Å². The van der Waals surface area contributed by atoms with Crippen molar-refractivity contribution in [3.8, 4) is 0 Å². The average Bonchev–Trinajstić information content (AvgIpc) is 2.74. The minimum Gasteiger partial charge on any atom is -0.429 e. The first kappa shape index (κ1) is 17.2. The molecule has 3 nitrogen and oxygen atoms in total. The smallest absolute Gasteiger partial charge is 0.333 e. The number of cyclic esters (lactones) is 1. The Labute approximate surface area is 123 Å². The lowest BCUT2D eigenvalue weighted by molar-refractivity contribution is -0.151. The van der Waals surface area contributed by atoms with Crippen LogP contribution in [0.25, 0.3) is 0 Å². The Hall–Kier alpha value is -0.830. The van der Waals surface area contributed by atoms with Crippen molar-refractivity contribution in [1.82, 2.24) is 0 Å². The van der Waals surface area contributed by atoms with E-state index < -0.39 is 12.3 Å². The lowest BCUT2D eigenvalue weighted by atomic mass is 10.0. The number of hydrogen-bond acceptors (Lipinski definition) is 3. The van der Waals surface area contributed by atoms with Crippen LogP contribution in [0.2, 0.25) is 0 Å². The second-order valence-electron chi connectivity index (χ2n) is 5.79. The molecule has 0 fully saturated rings. The van der Waals surface area contributed by atoms with Crippen LogP contribution in [0.5, 0.6) is 0 Å². The van der Waals surface area contributed by atoms with Gasteiger partial charge in [-0.2, -0.15) is 0 Å². The van der Waals surface area contributed by atoms with E-state index in [1.807, 2.05) is 0 Å². The first-order valence-corrected chi connectivity index (χ1v) is 8.33. The van der Waals surface area contributed by atoms with Gasteiger partial charge in [-0.15, -0.1) is 0 Å². The molecule has 1 aliphatic heterocycles. The minimum absolute atomic E-state index is 0.407. The van der Waals surface area contributed by atoms with E-state index in [4.69, 9.17) is 0 Å². The maximum absolute atomic E-state index is 10.9. The van der Waals surface area contributed by atoms with Crippen LogP contribution < -0.4 is 0 Å². The molecule has 116 valence electrons. The van der Waals surface area contributed by atoms with Crippen LogP contribution in [0.1, 0.15) is 84.0 Å². The highest BCUT2D eigenvalue weighted by Crippen LogP contribution is 2.20. The van der Waals surface area contributed by atoms with Crippen LogP contribution >= 0.6 is 0 Å². The van der Waals surface area contributed by atoms with Gasteiger partial charge in [0, 0.05) is 11.6 Å². The molecule has 0 radical (unpaired) electrons. The van der Waals surface area contributed by atoms with Gasteiger partial charge < -0.3 is 9.84 Å². The van der Waals surface area contributed by atoms with Gasteiger partial charge in [0.15, 0.2) is 0 Å². The van der Waals surface area contributed by atoms with Gasteiger partial charge >= 0.3 is 5.97 Å². The third-order valence-corrected chi connectivity index (χ3v) is 3.92. The first-order valence-electron chi connectivity index (χ1n) is 8.33. The number of rotatable bonds is 12. The lowest BCUT2D eigenvalue weighted by Crippen LogP contribution is -2.09. The molecule has 20 heavy (non-hydrogen) atoms. The highest BCUT2D eigenvalue weighted by atomic mass is 16.6. The highest BCUT2D eigenvalue weighted by molar-refractivity contribution is 5.85. The fourth-order valence-corrected chi connectivity index (χ4v) is 2.63. The summed E-state index contributed by atoms with van der Waals surface area (Å²) in [6, 6.07) is 0. The summed E-state index contributed by atoms with van der Waals surface area (Å²) in [7, 11) is 0. The number of ether oxygens (including phenoxy) is 1. The molecule has 0 bridgehead atoms. The molecule has 1 unspecified atom stereocenters. The van der Waals surface area contributed by atoms with Crippen molar-refractivity contribution in [3.63, 3.8) is 0 Å². The topological polar surface area (TPSA) is 46.5 Å². The summed E-state index contributed by atoms with van der Waals surface area (Å²) in [5, 5.41) is 9.41. The lowest BCUT2D eigenvalue weighted by Gasteiger charge is -2.07. The van der Waals surface area contributed by atoms with Gasteiger partial charge in [0.05, 0.1) is 0 Å². The predicted octanol–water partition coefficient (Wildman–Crippen LogP) is 4.49. The zero-order chi connectivity index (χ0) is 14.6. The minimum atomic E-state index is -0.981. The van der Waals surface area contributed by atoms with Crippen LogP contribution in [-0.2, 0) is 9.53 Å². The summed E-state index contributed by atoms with van der Waals surface area (Å²) in [5.41, 5.74) is 0.742. The molecule has 0 aliphatic carbocycles. The molecule has 1 atom stereocenters. The number of aliphatic hydroxyl groups is 1. The third-order valence-electron chi connectivity index (χ3n) is 3.92. The number of carbonyl (C=O) groups excluding carboxylic acids is 1. The van der Waals surface area contributed by atoms with E-state index in [1.165, 1.54) is 70.3 Å². The van der Waals surface area contributed by atoms with Gasteiger partial charge in [0.2, 0.25) is 6.29 Å². The largest absolute Gasteiger partial charge is 0.429 e. The molecular weight excluding hydrogens is 252 g/mol. The SMILES string of the molecule is CCCCCCCCCCCCCC1=CC(=O)OC1O. The van der Waals surface area contributed by atoms with Crippen molar-refractivity contribution < 1.29 is 14.6 Å². The van der Waals surface area contributed by atoms with E-state index in [1.54, 1.807) is 0 Å². The normalized spacial score (nSPS) is 18.2. The fourth-order valence-electron chi connectivity index (χ4n) is 2.63. The van der Waals surface area contributed by atoms with E-state index in [0.29, 0.717) is 0 Å². The molecule has 0 spiro atoms. The van der Waals surface area contributed by atoms with Crippen LogP contribution in [-0.4, -0.2) is 17.4 Å². The molecule has 0 aromatic carbocycles. The molecule has 1 N–H and O–H groups in total. The highest BCUT2D eigenvalue weighted by Gasteiger charge is 2.22. The molecular formula is C17H30O3. The standard InChI is InChI=1S/C17H30O3/c1-2-3-4-5-6-7-8-9-10-11-12-13-15-14-16(18)20-17(15)19/h14,17,19H,2-13H2,1H3. The summed E-state index contributed by atoms with van der Waals surface area (Å²) >= 11 is 0.